The molecule has 4 rings (SSSR count). The summed E-state index contributed by atoms with van der Waals surface area (Å²) in [7, 11) is 2.15. The molecule has 0 spiro atoms. The Labute approximate surface area is 151 Å². The first-order valence-electron chi connectivity index (χ1n) is 10.2. The average molecular weight is 348 g/mol. The van der Waals surface area contributed by atoms with E-state index in [0.29, 0.717) is 5.92 Å². The smallest absolute Gasteiger partial charge is 0.146 e. The highest BCUT2D eigenvalue weighted by atomic mass is 16.5. The molecule has 1 aromatic heterocycles. The van der Waals surface area contributed by atoms with Gasteiger partial charge in [0.25, 0.3) is 0 Å². The summed E-state index contributed by atoms with van der Waals surface area (Å²) in [6, 6.07) is 0. The lowest BCUT2D eigenvalue weighted by atomic mass is 9.95. The highest BCUT2D eigenvalue weighted by Crippen LogP contribution is 2.30. The van der Waals surface area contributed by atoms with Gasteiger partial charge >= 0.3 is 0 Å². The molecule has 2 aliphatic heterocycles. The Hall–Kier alpha value is -0.980. The molecule has 3 heterocycles. The van der Waals surface area contributed by atoms with Gasteiger partial charge in [0.2, 0.25) is 0 Å². The first kappa shape index (κ1) is 17.4. The normalized spacial score (nSPS) is 27.2. The van der Waals surface area contributed by atoms with Gasteiger partial charge in [-0.3, -0.25) is 4.90 Å². The zero-order valence-electron chi connectivity index (χ0n) is 15.7. The molecular formula is C19H33N5O. The lowest BCUT2D eigenvalue weighted by Gasteiger charge is -2.33. The summed E-state index contributed by atoms with van der Waals surface area (Å²) in [5.74, 6) is 3.78. The molecule has 25 heavy (non-hydrogen) atoms. The van der Waals surface area contributed by atoms with E-state index in [1.54, 1.807) is 0 Å². The predicted octanol–water partition coefficient (Wildman–Crippen LogP) is 2.02. The number of hydrogen-bond donors (Lipinski definition) is 0. The second kappa shape index (κ2) is 8.14. The molecule has 0 bridgehead atoms. The standard InChI is InChI=1S/C19H33N5O/c1-22-18(15-23-9-11-25-12-10-23)20-21-19(22)17-7-4-8-24(14-17)13-16-5-2-3-6-16/h16-17H,2-15H2,1H3/t17-/m0/s1. The molecule has 1 aliphatic carbocycles. The van der Waals surface area contributed by atoms with Crippen LogP contribution in [0.5, 0.6) is 0 Å². The van der Waals surface area contributed by atoms with E-state index in [4.69, 9.17) is 4.74 Å². The van der Waals surface area contributed by atoms with Crippen molar-refractivity contribution < 1.29 is 4.74 Å². The summed E-state index contributed by atoms with van der Waals surface area (Å²) in [5, 5.41) is 9.12. The number of piperidine rings is 1. The molecule has 0 amide bonds. The van der Waals surface area contributed by atoms with Gasteiger partial charge in [-0.1, -0.05) is 12.8 Å². The van der Waals surface area contributed by atoms with E-state index in [0.717, 1.165) is 44.6 Å². The first-order valence-corrected chi connectivity index (χ1v) is 10.2. The predicted molar refractivity (Wildman–Crippen MR) is 97.5 cm³/mol. The fraction of sp³-hybridized carbons (Fsp3) is 0.895. The van der Waals surface area contributed by atoms with Crippen LogP contribution >= 0.6 is 0 Å². The molecule has 140 valence electrons. The molecule has 3 fully saturated rings. The minimum atomic E-state index is 0.547. The van der Waals surface area contributed by atoms with Gasteiger partial charge in [0, 0.05) is 39.1 Å². The molecule has 6 nitrogen and oxygen atoms in total. The third kappa shape index (κ3) is 4.23. The molecule has 3 aliphatic rings. The molecule has 0 unspecified atom stereocenters. The Morgan fingerprint density at radius 1 is 0.960 bits per heavy atom. The minimum absolute atomic E-state index is 0.547. The third-order valence-electron chi connectivity index (χ3n) is 6.33. The van der Waals surface area contributed by atoms with Crippen molar-refractivity contribution in [3.8, 4) is 0 Å². The SMILES string of the molecule is Cn1c(CN2CCOCC2)nnc1[C@H]1CCCN(CC2CCCC2)C1. The monoisotopic (exact) mass is 347 g/mol. The highest BCUT2D eigenvalue weighted by Gasteiger charge is 2.28. The number of morpholine rings is 1. The molecule has 6 heteroatoms. The Morgan fingerprint density at radius 3 is 2.56 bits per heavy atom. The van der Waals surface area contributed by atoms with Gasteiger partial charge in [0.15, 0.2) is 0 Å². The van der Waals surface area contributed by atoms with Crippen molar-refractivity contribution in [1.82, 2.24) is 24.6 Å². The summed E-state index contributed by atoms with van der Waals surface area (Å²) in [6.07, 6.45) is 8.31. The summed E-state index contributed by atoms with van der Waals surface area (Å²) in [5.41, 5.74) is 0. The highest BCUT2D eigenvalue weighted by molar-refractivity contribution is 5.04. The fourth-order valence-electron chi connectivity index (χ4n) is 4.82. The summed E-state index contributed by atoms with van der Waals surface area (Å²) in [4.78, 5) is 5.12. The van der Waals surface area contributed by atoms with Crippen LogP contribution in [0.4, 0.5) is 0 Å². The number of hydrogen-bond acceptors (Lipinski definition) is 5. The Bertz CT molecular complexity index is 548. The van der Waals surface area contributed by atoms with Crippen LogP contribution in [0.1, 0.15) is 56.1 Å². The van der Waals surface area contributed by atoms with Crippen LogP contribution in [-0.4, -0.2) is 70.5 Å². The number of likely N-dealkylation sites (tertiary alicyclic amines) is 1. The van der Waals surface area contributed by atoms with Crippen LogP contribution in [0.3, 0.4) is 0 Å². The molecule has 2 saturated heterocycles. The number of aromatic nitrogens is 3. The van der Waals surface area contributed by atoms with Crippen LogP contribution in [0.25, 0.3) is 0 Å². The molecular weight excluding hydrogens is 314 g/mol. The van der Waals surface area contributed by atoms with E-state index in [-0.39, 0.29) is 0 Å². The third-order valence-corrected chi connectivity index (χ3v) is 6.33. The van der Waals surface area contributed by atoms with Crippen LogP contribution in [0, 0.1) is 5.92 Å². The lowest BCUT2D eigenvalue weighted by Crippen LogP contribution is -2.38. The summed E-state index contributed by atoms with van der Waals surface area (Å²) >= 11 is 0. The van der Waals surface area contributed by atoms with E-state index in [9.17, 15) is 0 Å². The van der Waals surface area contributed by atoms with Gasteiger partial charge in [-0.2, -0.15) is 0 Å². The van der Waals surface area contributed by atoms with E-state index in [1.807, 2.05) is 0 Å². The Balaban J connectivity index is 1.37. The average Bonchev–Trinajstić information content (AvgIpc) is 3.27. The minimum Gasteiger partial charge on any atom is -0.379 e. The zero-order chi connectivity index (χ0) is 17.1. The number of rotatable bonds is 5. The maximum atomic E-state index is 5.44. The molecule has 0 aromatic carbocycles. The molecule has 1 aromatic rings. The maximum absolute atomic E-state index is 5.44. The lowest BCUT2D eigenvalue weighted by molar-refractivity contribution is 0.0326. The van der Waals surface area contributed by atoms with Crippen molar-refractivity contribution in [2.45, 2.75) is 51.0 Å². The van der Waals surface area contributed by atoms with Gasteiger partial charge in [-0.15, -0.1) is 10.2 Å². The van der Waals surface area contributed by atoms with Crippen LogP contribution in [0.2, 0.25) is 0 Å². The Kier molecular flexibility index (Phi) is 5.68. The fourth-order valence-corrected chi connectivity index (χ4v) is 4.82. The number of nitrogens with zero attached hydrogens (tertiary/aromatic N) is 5. The molecule has 1 atom stereocenters. The van der Waals surface area contributed by atoms with Crippen molar-refractivity contribution in [3.63, 3.8) is 0 Å². The van der Waals surface area contributed by atoms with Gasteiger partial charge in [-0.25, -0.2) is 0 Å². The maximum Gasteiger partial charge on any atom is 0.146 e. The molecule has 1 saturated carbocycles. The van der Waals surface area contributed by atoms with Crippen molar-refractivity contribution in [3.05, 3.63) is 11.6 Å². The van der Waals surface area contributed by atoms with Gasteiger partial charge in [-0.05, 0) is 38.1 Å². The van der Waals surface area contributed by atoms with E-state index in [1.165, 1.54) is 64.0 Å². The van der Waals surface area contributed by atoms with Gasteiger partial charge < -0.3 is 14.2 Å². The van der Waals surface area contributed by atoms with E-state index < -0.39 is 0 Å². The summed E-state index contributed by atoms with van der Waals surface area (Å²) < 4.78 is 7.71. The van der Waals surface area contributed by atoms with Crippen LogP contribution in [-0.2, 0) is 18.3 Å². The number of ether oxygens (including phenoxy) is 1. The summed E-state index contributed by atoms with van der Waals surface area (Å²) in [6.45, 7) is 8.31. The Morgan fingerprint density at radius 2 is 1.76 bits per heavy atom. The molecule has 0 radical (unpaired) electrons. The zero-order valence-corrected chi connectivity index (χ0v) is 15.7. The second-order valence-corrected chi connectivity index (χ2v) is 8.17. The quantitative estimate of drug-likeness (QED) is 0.815. The van der Waals surface area contributed by atoms with Crippen molar-refractivity contribution >= 4 is 0 Å². The van der Waals surface area contributed by atoms with Crippen LogP contribution in [0.15, 0.2) is 0 Å². The second-order valence-electron chi connectivity index (χ2n) is 8.17. The van der Waals surface area contributed by atoms with E-state index in [2.05, 4.69) is 31.6 Å². The molecule has 0 N–H and O–H groups in total. The van der Waals surface area contributed by atoms with Crippen LogP contribution < -0.4 is 0 Å². The first-order chi connectivity index (χ1) is 12.3. The van der Waals surface area contributed by atoms with Crippen molar-refractivity contribution in [1.29, 1.82) is 0 Å². The largest absolute Gasteiger partial charge is 0.379 e. The van der Waals surface area contributed by atoms with Gasteiger partial charge in [0.05, 0.1) is 19.8 Å². The van der Waals surface area contributed by atoms with Crippen molar-refractivity contribution in [2.75, 3.05) is 45.9 Å². The van der Waals surface area contributed by atoms with Gasteiger partial charge in [0.1, 0.15) is 11.6 Å². The van der Waals surface area contributed by atoms with Crippen molar-refractivity contribution in [2.24, 2.45) is 13.0 Å². The topological polar surface area (TPSA) is 46.4 Å². The van der Waals surface area contributed by atoms with E-state index >= 15 is 0 Å².